The van der Waals surface area contributed by atoms with Gasteiger partial charge in [-0.1, -0.05) is 64.7 Å². The number of nitrogens with zero attached hydrogens (tertiary/aromatic N) is 1. The molecule has 0 aliphatic heterocycles. The van der Waals surface area contributed by atoms with Crippen molar-refractivity contribution in [3.8, 4) is 11.8 Å². The monoisotopic (exact) mass is 293 g/mol. The fourth-order valence-corrected chi connectivity index (χ4v) is 2.94. The Morgan fingerprint density at radius 3 is 2.15 bits per heavy atom. The maximum atomic E-state index is 8.86. The van der Waals surface area contributed by atoms with Gasteiger partial charge in [0.25, 0.3) is 0 Å². The topological polar surface area (TPSA) is 33.0 Å². The molecule has 0 radical (unpaired) electrons. The van der Waals surface area contributed by atoms with Gasteiger partial charge in [-0.05, 0) is 6.42 Å². The Labute approximate surface area is 127 Å². The van der Waals surface area contributed by atoms with Crippen LogP contribution in [-0.2, 0) is 0 Å². The van der Waals surface area contributed by atoms with Crippen molar-refractivity contribution in [1.82, 2.24) is 0 Å². The lowest BCUT2D eigenvalue weighted by Gasteiger charge is -2.05. The second-order valence-electron chi connectivity index (χ2n) is 5.29. The van der Waals surface area contributed by atoms with Crippen LogP contribution in [0.3, 0.4) is 0 Å². The standard InChI is InChI=1S/C17H27NOS/c1-2-3-4-5-6-7-8-9-10-11-12-19-17-15-20-14-16(17)13-18/h14-15H,2-12H2,1H3. The summed E-state index contributed by atoms with van der Waals surface area (Å²) in [7, 11) is 0. The molecule has 0 saturated carbocycles. The first-order chi connectivity index (χ1) is 9.88. The molecule has 3 heteroatoms. The lowest BCUT2D eigenvalue weighted by molar-refractivity contribution is 0.304. The molecular weight excluding hydrogens is 266 g/mol. The van der Waals surface area contributed by atoms with Gasteiger partial charge in [-0.25, -0.2) is 0 Å². The minimum atomic E-state index is 0.669. The molecule has 1 heterocycles. The molecule has 112 valence electrons. The fraction of sp³-hybridized carbons (Fsp3) is 0.706. The van der Waals surface area contributed by atoms with E-state index in [2.05, 4.69) is 13.0 Å². The number of hydrogen-bond donors (Lipinski definition) is 0. The van der Waals surface area contributed by atoms with Gasteiger partial charge in [0.1, 0.15) is 17.4 Å². The SMILES string of the molecule is CCCCCCCCCCCCOc1cscc1C#N. The number of unbranched alkanes of at least 4 members (excludes halogenated alkanes) is 9. The number of rotatable bonds is 12. The van der Waals surface area contributed by atoms with Crippen LogP contribution in [0.25, 0.3) is 0 Å². The molecule has 0 bridgehead atoms. The number of ether oxygens (including phenoxy) is 1. The zero-order valence-corrected chi connectivity index (χ0v) is 13.5. The lowest BCUT2D eigenvalue weighted by atomic mass is 10.1. The van der Waals surface area contributed by atoms with Gasteiger partial charge in [0.15, 0.2) is 0 Å². The summed E-state index contributed by atoms with van der Waals surface area (Å²) in [6.07, 6.45) is 13.3. The smallest absolute Gasteiger partial charge is 0.147 e. The van der Waals surface area contributed by atoms with Crippen LogP contribution >= 0.6 is 11.3 Å². The van der Waals surface area contributed by atoms with Gasteiger partial charge in [0, 0.05) is 10.8 Å². The maximum Gasteiger partial charge on any atom is 0.147 e. The van der Waals surface area contributed by atoms with Crippen molar-refractivity contribution in [2.45, 2.75) is 71.1 Å². The summed E-state index contributed by atoms with van der Waals surface area (Å²) in [5.41, 5.74) is 0.669. The summed E-state index contributed by atoms with van der Waals surface area (Å²) in [5, 5.41) is 12.6. The van der Waals surface area contributed by atoms with Crippen LogP contribution in [0.5, 0.6) is 5.75 Å². The maximum absolute atomic E-state index is 8.86. The summed E-state index contributed by atoms with van der Waals surface area (Å²) in [4.78, 5) is 0. The minimum absolute atomic E-state index is 0.669. The Hall–Kier alpha value is -1.01. The summed E-state index contributed by atoms with van der Waals surface area (Å²) < 4.78 is 5.63. The summed E-state index contributed by atoms with van der Waals surface area (Å²) >= 11 is 1.53. The van der Waals surface area contributed by atoms with E-state index in [4.69, 9.17) is 10.00 Å². The molecule has 0 atom stereocenters. The van der Waals surface area contributed by atoms with E-state index in [9.17, 15) is 0 Å². The van der Waals surface area contributed by atoms with Crippen LogP contribution in [0.2, 0.25) is 0 Å². The number of nitriles is 1. The van der Waals surface area contributed by atoms with Gasteiger partial charge < -0.3 is 4.74 Å². The first kappa shape index (κ1) is 17.0. The third-order valence-electron chi connectivity index (χ3n) is 3.50. The Bertz CT molecular complexity index is 381. The van der Waals surface area contributed by atoms with E-state index in [0.717, 1.165) is 18.8 Å². The average molecular weight is 293 g/mol. The first-order valence-corrected chi connectivity index (χ1v) is 8.92. The van der Waals surface area contributed by atoms with E-state index < -0.39 is 0 Å². The van der Waals surface area contributed by atoms with Crippen LogP contribution in [0.1, 0.15) is 76.7 Å². The Balaban J connectivity index is 1.87. The van der Waals surface area contributed by atoms with Crippen molar-refractivity contribution >= 4 is 11.3 Å². The van der Waals surface area contributed by atoms with Crippen molar-refractivity contribution in [3.63, 3.8) is 0 Å². The molecule has 1 aromatic heterocycles. The molecule has 1 aromatic rings. The van der Waals surface area contributed by atoms with E-state index in [0.29, 0.717) is 5.56 Å². The Morgan fingerprint density at radius 1 is 0.950 bits per heavy atom. The third kappa shape index (κ3) is 7.55. The molecule has 0 unspecified atom stereocenters. The Morgan fingerprint density at radius 2 is 1.55 bits per heavy atom. The van der Waals surface area contributed by atoms with Crippen molar-refractivity contribution in [2.24, 2.45) is 0 Å². The van der Waals surface area contributed by atoms with Crippen molar-refractivity contribution in [2.75, 3.05) is 6.61 Å². The lowest BCUT2D eigenvalue weighted by Crippen LogP contribution is -1.97. The highest BCUT2D eigenvalue weighted by Gasteiger charge is 2.03. The highest BCUT2D eigenvalue weighted by molar-refractivity contribution is 7.08. The van der Waals surface area contributed by atoms with Crippen LogP contribution < -0.4 is 4.74 Å². The van der Waals surface area contributed by atoms with E-state index in [1.165, 1.54) is 69.1 Å². The molecule has 1 rings (SSSR count). The highest BCUT2D eigenvalue weighted by Crippen LogP contribution is 2.22. The van der Waals surface area contributed by atoms with Crippen LogP contribution in [-0.4, -0.2) is 6.61 Å². The van der Waals surface area contributed by atoms with Gasteiger partial charge in [0.05, 0.1) is 6.61 Å². The van der Waals surface area contributed by atoms with Crippen molar-refractivity contribution < 1.29 is 4.74 Å². The third-order valence-corrected chi connectivity index (χ3v) is 4.22. The number of hydrogen-bond acceptors (Lipinski definition) is 3. The van der Waals surface area contributed by atoms with Crippen LogP contribution in [0.4, 0.5) is 0 Å². The van der Waals surface area contributed by atoms with Gasteiger partial charge in [-0.15, -0.1) is 11.3 Å². The molecule has 0 N–H and O–H groups in total. The zero-order chi connectivity index (χ0) is 14.5. The predicted molar refractivity (Wildman–Crippen MR) is 86.4 cm³/mol. The van der Waals surface area contributed by atoms with E-state index >= 15 is 0 Å². The van der Waals surface area contributed by atoms with Gasteiger partial charge >= 0.3 is 0 Å². The molecule has 0 aromatic carbocycles. The minimum Gasteiger partial charge on any atom is -0.491 e. The average Bonchev–Trinajstić information content (AvgIpc) is 2.92. The molecule has 0 spiro atoms. The summed E-state index contributed by atoms with van der Waals surface area (Å²) in [6, 6.07) is 2.15. The van der Waals surface area contributed by atoms with E-state index in [-0.39, 0.29) is 0 Å². The van der Waals surface area contributed by atoms with E-state index in [1.54, 1.807) is 0 Å². The molecule has 0 amide bonds. The molecule has 0 aliphatic carbocycles. The highest BCUT2D eigenvalue weighted by atomic mass is 32.1. The van der Waals surface area contributed by atoms with E-state index in [1.807, 2.05) is 10.8 Å². The largest absolute Gasteiger partial charge is 0.491 e. The molecule has 0 fully saturated rings. The summed E-state index contributed by atoms with van der Waals surface area (Å²) in [6.45, 7) is 3.00. The molecule has 2 nitrogen and oxygen atoms in total. The van der Waals surface area contributed by atoms with Crippen LogP contribution in [0, 0.1) is 11.3 Å². The van der Waals surface area contributed by atoms with Gasteiger partial charge in [-0.3, -0.25) is 0 Å². The molecule has 20 heavy (non-hydrogen) atoms. The zero-order valence-electron chi connectivity index (χ0n) is 12.7. The second-order valence-corrected chi connectivity index (χ2v) is 6.04. The molecular formula is C17H27NOS. The quantitative estimate of drug-likeness (QED) is 0.448. The van der Waals surface area contributed by atoms with Gasteiger partial charge in [0.2, 0.25) is 0 Å². The Kier molecular flexibility index (Phi) is 10.0. The molecule has 0 aliphatic rings. The van der Waals surface area contributed by atoms with Crippen LogP contribution in [0.15, 0.2) is 10.8 Å². The predicted octanol–water partition coefficient (Wildman–Crippen LogP) is 5.92. The molecule has 0 saturated heterocycles. The van der Waals surface area contributed by atoms with Crippen molar-refractivity contribution in [3.05, 3.63) is 16.3 Å². The van der Waals surface area contributed by atoms with Crippen molar-refractivity contribution in [1.29, 1.82) is 5.26 Å². The normalized spacial score (nSPS) is 10.4. The van der Waals surface area contributed by atoms with Gasteiger partial charge in [-0.2, -0.15) is 5.26 Å². The summed E-state index contributed by atoms with van der Waals surface area (Å²) in [5.74, 6) is 0.758. The second kappa shape index (κ2) is 11.8. The number of thiophene rings is 1. The fourth-order valence-electron chi connectivity index (χ4n) is 2.25. The first-order valence-electron chi connectivity index (χ1n) is 7.97.